The first-order chi connectivity index (χ1) is 12.0. The van der Waals surface area contributed by atoms with Gasteiger partial charge in [0.1, 0.15) is 0 Å². The molecule has 0 saturated carbocycles. The van der Waals surface area contributed by atoms with E-state index in [-0.39, 0.29) is 5.91 Å². The molecule has 0 aromatic heterocycles. The van der Waals surface area contributed by atoms with Crippen molar-refractivity contribution in [2.24, 2.45) is 0 Å². The summed E-state index contributed by atoms with van der Waals surface area (Å²) in [6.07, 6.45) is 0.491. The zero-order valence-electron chi connectivity index (χ0n) is 15.2. The summed E-state index contributed by atoms with van der Waals surface area (Å²) in [6, 6.07) is 12.0. The molecule has 4 nitrogen and oxygen atoms in total. The van der Waals surface area contributed by atoms with E-state index in [1.807, 2.05) is 18.2 Å². The van der Waals surface area contributed by atoms with Crippen molar-refractivity contribution < 1.29 is 14.3 Å². The van der Waals surface area contributed by atoms with Crippen molar-refractivity contribution >= 4 is 17.7 Å². The van der Waals surface area contributed by atoms with Gasteiger partial charge in [-0.05, 0) is 54.8 Å². The van der Waals surface area contributed by atoms with Crippen LogP contribution in [0.4, 0.5) is 0 Å². The molecule has 0 spiro atoms. The van der Waals surface area contributed by atoms with Crippen LogP contribution in [0, 0.1) is 13.8 Å². The molecule has 2 aromatic carbocycles. The number of hydrogen-bond donors (Lipinski definition) is 1. The van der Waals surface area contributed by atoms with Gasteiger partial charge < -0.3 is 14.8 Å². The number of methoxy groups -OCH3 is 2. The molecule has 1 amide bonds. The van der Waals surface area contributed by atoms with Gasteiger partial charge in [0, 0.05) is 23.6 Å². The molecule has 2 rings (SSSR count). The third-order valence-corrected chi connectivity index (χ3v) is 5.01. The Labute approximate surface area is 153 Å². The number of nitrogens with one attached hydrogen (secondary N) is 1. The van der Waals surface area contributed by atoms with E-state index >= 15 is 0 Å². The second-order valence-corrected chi connectivity index (χ2v) is 6.98. The molecule has 0 unspecified atom stereocenters. The van der Waals surface area contributed by atoms with E-state index in [1.165, 1.54) is 16.0 Å². The summed E-state index contributed by atoms with van der Waals surface area (Å²) in [7, 11) is 3.21. The molecule has 2 aromatic rings. The molecule has 0 saturated heterocycles. The predicted molar refractivity (Wildman–Crippen MR) is 103 cm³/mol. The maximum Gasteiger partial charge on any atom is 0.221 e. The van der Waals surface area contributed by atoms with Gasteiger partial charge >= 0.3 is 0 Å². The highest BCUT2D eigenvalue weighted by Crippen LogP contribution is 2.27. The first-order valence-electron chi connectivity index (χ1n) is 8.21. The van der Waals surface area contributed by atoms with Gasteiger partial charge in [-0.25, -0.2) is 0 Å². The van der Waals surface area contributed by atoms with Crippen LogP contribution in [-0.4, -0.2) is 25.9 Å². The number of carbonyl (C=O) groups excluding carboxylic acids is 1. The molecule has 0 aliphatic carbocycles. The van der Waals surface area contributed by atoms with Gasteiger partial charge in [-0.3, -0.25) is 4.79 Å². The average Bonchev–Trinajstić information content (AvgIpc) is 2.62. The lowest BCUT2D eigenvalue weighted by Crippen LogP contribution is -2.23. The van der Waals surface area contributed by atoms with E-state index in [1.54, 1.807) is 26.0 Å². The highest BCUT2D eigenvalue weighted by Gasteiger charge is 2.07. The van der Waals surface area contributed by atoms with Crippen molar-refractivity contribution in [3.8, 4) is 11.5 Å². The van der Waals surface area contributed by atoms with Crippen LogP contribution in [0.2, 0.25) is 0 Å². The number of carbonyl (C=O) groups is 1. The average molecular weight is 359 g/mol. The predicted octanol–water partition coefficient (Wildman–Crippen LogP) is 4.12. The normalized spacial score (nSPS) is 10.4. The number of thioether (sulfide) groups is 1. The third-order valence-electron chi connectivity index (χ3n) is 4.01. The molecule has 1 N–H and O–H groups in total. The van der Waals surface area contributed by atoms with E-state index in [0.717, 1.165) is 11.3 Å². The smallest absolute Gasteiger partial charge is 0.221 e. The Bertz CT molecular complexity index is 731. The van der Waals surface area contributed by atoms with Crippen molar-refractivity contribution in [2.75, 3.05) is 20.0 Å². The van der Waals surface area contributed by atoms with E-state index < -0.39 is 0 Å². The molecule has 0 radical (unpaired) electrons. The first kappa shape index (κ1) is 19.2. The Morgan fingerprint density at radius 2 is 1.76 bits per heavy atom. The van der Waals surface area contributed by atoms with E-state index in [0.29, 0.717) is 24.5 Å². The van der Waals surface area contributed by atoms with Gasteiger partial charge in [-0.2, -0.15) is 0 Å². The van der Waals surface area contributed by atoms with Crippen LogP contribution < -0.4 is 14.8 Å². The van der Waals surface area contributed by atoms with Gasteiger partial charge in [0.25, 0.3) is 0 Å². The number of rotatable bonds is 8. The number of amides is 1. The number of aryl methyl sites for hydroxylation is 2. The minimum absolute atomic E-state index is 0.0473. The fraction of sp³-hybridized carbons (Fsp3) is 0.350. The molecular formula is C20H25NO3S. The minimum atomic E-state index is 0.0473. The van der Waals surface area contributed by atoms with Crippen LogP contribution in [0.5, 0.6) is 11.5 Å². The molecule has 0 aliphatic rings. The standard InChI is InChI=1S/C20H25NO3S/c1-14-5-7-17(11-15(14)2)25-10-9-20(22)21-13-16-6-8-18(23-3)19(12-16)24-4/h5-8,11-12H,9-10,13H2,1-4H3,(H,21,22). The maximum atomic E-state index is 12.0. The Balaban J connectivity index is 1.78. The summed E-state index contributed by atoms with van der Waals surface area (Å²) in [4.78, 5) is 13.2. The lowest BCUT2D eigenvalue weighted by Gasteiger charge is -2.10. The Hall–Kier alpha value is -2.14. The Morgan fingerprint density at radius 1 is 1.00 bits per heavy atom. The molecular weight excluding hydrogens is 334 g/mol. The van der Waals surface area contributed by atoms with E-state index in [4.69, 9.17) is 9.47 Å². The van der Waals surface area contributed by atoms with Crippen molar-refractivity contribution in [3.63, 3.8) is 0 Å². The molecule has 25 heavy (non-hydrogen) atoms. The highest BCUT2D eigenvalue weighted by atomic mass is 32.2. The SMILES string of the molecule is COc1ccc(CNC(=O)CCSc2ccc(C)c(C)c2)cc1OC. The first-order valence-corrected chi connectivity index (χ1v) is 9.19. The summed E-state index contributed by atoms with van der Waals surface area (Å²) in [6.45, 7) is 4.69. The summed E-state index contributed by atoms with van der Waals surface area (Å²) in [5.41, 5.74) is 3.55. The molecule has 5 heteroatoms. The second kappa shape index (κ2) is 9.37. The van der Waals surface area contributed by atoms with Crippen LogP contribution in [0.25, 0.3) is 0 Å². The largest absolute Gasteiger partial charge is 0.493 e. The highest BCUT2D eigenvalue weighted by molar-refractivity contribution is 7.99. The van der Waals surface area contributed by atoms with E-state index in [2.05, 4.69) is 37.4 Å². The van der Waals surface area contributed by atoms with Crippen LogP contribution in [-0.2, 0) is 11.3 Å². The summed E-state index contributed by atoms with van der Waals surface area (Å²) < 4.78 is 10.5. The van der Waals surface area contributed by atoms with Crippen molar-refractivity contribution in [1.29, 1.82) is 0 Å². The molecule has 0 atom stereocenters. The zero-order chi connectivity index (χ0) is 18.2. The fourth-order valence-electron chi connectivity index (χ4n) is 2.34. The van der Waals surface area contributed by atoms with E-state index in [9.17, 15) is 4.79 Å². The van der Waals surface area contributed by atoms with Crippen molar-refractivity contribution in [1.82, 2.24) is 5.32 Å². The topological polar surface area (TPSA) is 47.6 Å². The minimum Gasteiger partial charge on any atom is -0.493 e. The molecule has 0 aliphatic heterocycles. The van der Waals surface area contributed by atoms with Gasteiger partial charge in [-0.1, -0.05) is 12.1 Å². The van der Waals surface area contributed by atoms with Crippen LogP contribution in [0.3, 0.4) is 0 Å². The van der Waals surface area contributed by atoms with Gasteiger partial charge in [0.05, 0.1) is 14.2 Å². The van der Waals surface area contributed by atoms with Crippen LogP contribution >= 0.6 is 11.8 Å². The number of hydrogen-bond acceptors (Lipinski definition) is 4. The van der Waals surface area contributed by atoms with Crippen molar-refractivity contribution in [2.45, 2.75) is 31.7 Å². The Morgan fingerprint density at radius 3 is 2.44 bits per heavy atom. The molecule has 134 valence electrons. The molecule has 0 bridgehead atoms. The second-order valence-electron chi connectivity index (χ2n) is 5.81. The van der Waals surface area contributed by atoms with Crippen molar-refractivity contribution in [3.05, 3.63) is 53.1 Å². The monoisotopic (exact) mass is 359 g/mol. The van der Waals surface area contributed by atoms with Gasteiger partial charge in [-0.15, -0.1) is 11.8 Å². The van der Waals surface area contributed by atoms with Gasteiger partial charge in [0.2, 0.25) is 5.91 Å². The summed E-state index contributed by atoms with van der Waals surface area (Å²) in [5.74, 6) is 2.16. The number of ether oxygens (including phenoxy) is 2. The third kappa shape index (κ3) is 5.71. The lowest BCUT2D eigenvalue weighted by atomic mass is 10.1. The number of benzene rings is 2. The maximum absolute atomic E-state index is 12.0. The summed E-state index contributed by atoms with van der Waals surface area (Å²) in [5, 5.41) is 2.95. The molecule has 0 heterocycles. The Kier molecular flexibility index (Phi) is 7.19. The fourth-order valence-corrected chi connectivity index (χ4v) is 3.29. The summed E-state index contributed by atoms with van der Waals surface area (Å²) >= 11 is 1.71. The van der Waals surface area contributed by atoms with Crippen LogP contribution in [0.15, 0.2) is 41.3 Å². The quantitative estimate of drug-likeness (QED) is 0.720. The van der Waals surface area contributed by atoms with Gasteiger partial charge in [0.15, 0.2) is 11.5 Å². The molecule has 0 fully saturated rings. The zero-order valence-corrected chi connectivity index (χ0v) is 16.0. The van der Waals surface area contributed by atoms with Crippen LogP contribution in [0.1, 0.15) is 23.1 Å². The lowest BCUT2D eigenvalue weighted by molar-refractivity contribution is -0.120.